The molecular formula is C20H19N3O3. The molecule has 0 bridgehead atoms. The molecule has 1 aromatic heterocycles. The summed E-state index contributed by atoms with van der Waals surface area (Å²) in [5, 5.41) is 17.3. The summed E-state index contributed by atoms with van der Waals surface area (Å²) < 4.78 is 5.51. The second kappa shape index (κ2) is 6.22. The lowest BCUT2D eigenvalue weighted by Gasteiger charge is -2.22. The third kappa shape index (κ3) is 2.42. The van der Waals surface area contributed by atoms with Gasteiger partial charge in [-0.15, -0.1) is 0 Å². The highest BCUT2D eigenvalue weighted by atomic mass is 16.5. The van der Waals surface area contributed by atoms with Crippen LogP contribution in [0.2, 0.25) is 0 Å². The third-order valence-corrected chi connectivity index (χ3v) is 4.65. The van der Waals surface area contributed by atoms with Crippen molar-refractivity contribution in [2.75, 3.05) is 13.7 Å². The molecule has 2 aromatic carbocycles. The van der Waals surface area contributed by atoms with Crippen molar-refractivity contribution >= 4 is 5.91 Å². The van der Waals surface area contributed by atoms with Gasteiger partial charge in [-0.1, -0.05) is 36.4 Å². The first kappa shape index (κ1) is 16.2. The van der Waals surface area contributed by atoms with Crippen molar-refractivity contribution in [3.63, 3.8) is 0 Å². The molecule has 0 spiro atoms. The standard InChI is InChI=1S/C20H19N3O3/c1-3-26-15-11-13(9-10-14(15)24)19-16-17(12-7-5-4-6-8-12)21-22-18(16)20(25)23(19)2/h4-11,19,24H,3H2,1-2H3,(H,21,22). The van der Waals surface area contributed by atoms with Gasteiger partial charge in [0.1, 0.15) is 5.69 Å². The number of aromatic amines is 1. The van der Waals surface area contributed by atoms with E-state index in [1.807, 2.05) is 43.3 Å². The summed E-state index contributed by atoms with van der Waals surface area (Å²) in [6, 6.07) is 14.7. The molecule has 1 aliphatic rings. The first-order chi connectivity index (χ1) is 12.6. The SMILES string of the molecule is CCOc1cc(C2c3c(-c4ccccc4)n[nH]c3C(=O)N2C)ccc1O. The summed E-state index contributed by atoms with van der Waals surface area (Å²) in [4.78, 5) is 14.4. The van der Waals surface area contributed by atoms with Crippen LogP contribution < -0.4 is 4.74 Å². The average Bonchev–Trinajstić information content (AvgIpc) is 3.18. The van der Waals surface area contributed by atoms with Gasteiger partial charge in [0.25, 0.3) is 5.91 Å². The molecule has 4 rings (SSSR count). The summed E-state index contributed by atoms with van der Waals surface area (Å²) in [5.41, 5.74) is 3.91. The number of hydrogen-bond donors (Lipinski definition) is 2. The lowest BCUT2D eigenvalue weighted by atomic mass is 9.96. The Morgan fingerprint density at radius 2 is 2.00 bits per heavy atom. The van der Waals surface area contributed by atoms with Crippen LogP contribution in [-0.4, -0.2) is 39.8 Å². The van der Waals surface area contributed by atoms with Gasteiger partial charge < -0.3 is 14.7 Å². The van der Waals surface area contributed by atoms with Crippen LogP contribution >= 0.6 is 0 Å². The molecule has 0 saturated heterocycles. The minimum atomic E-state index is -0.300. The average molecular weight is 349 g/mol. The smallest absolute Gasteiger partial charge is 0.272 e. The highest BCUT2D eigenvalue weighted by molar-refractivity contribution is 6.00. The van der Waals surface area contributed by atoms with Crippen LogP contribution in [0.4, 0.5) is 0 Å². The first-order valence-corrected chi connectivity index (χ1v) is 8.48. The Bertz CT molecular complexity index is 966. The van der Waals surface area contributed by atoms with E-state index < -0.39 is 0 Å². The minimum absolute atomic E-state index is 0.0817. The molecule has 1 aliphatic heterocycles. The number of phenols is 1. The maximum Gasteiger partial charge on any atom is 0.272 e. The van der Waals surface area contributed by atoms with Crippen molar-refractivity contribution in [1.29, 1.82) is 0 Å². The molecule has 0 saturated carbocycles. The fraction of sp³-hybridized carbons (Fsp3) is 0.200. The van der Waals surface area contributed by atoms with Crippen molar-refractivity contribution in [2.24, 2.45) is 0 Å². The fourth-order valence-corrected chi connectivity index (χ4v) is 3.45. The topological polar surface area (TPSA) is 78.5 Å². The van der Waals surface area contributed by atoms with E-state index in [4.69, 9.17) is 4.74 Å². The van der Waals surface area contributed by atoms with E-state index in [2.05, 4.69) is 10.2 Å². The summed E-state index contributed by atoms with van der Waals surface area (Å²) in [6.45, 7) is 2.31. The number of carbonyl (C=O) groups is 1. The Balaban J connectivity index is 1.86. The fourth-order valence-electron chi connectivity index (χ4n) is 3.45. The number of H-pyrrole nitrogens is 1. The zero-order chi connectivity index (χ0) is 18.3. The van der Waals surface area contributed by atoms with E-state index in [1.54, 1.807) is 24.1 Å². The second-order valence-corrected chi connectivity index (χ2v) is 6.21. The van der Waals surface area contributed by atoms with Gasteiger partial charge in [0.15, 0.2) is 11.5 Å². The molecule has 26 heavy (non-hydrogen) atoms. The third-order valence-electron chi connectivity index (χ3n) is 4.65. The van der Waals surface area contributed by atoms with E-state index in [0.717, 1.165) is 22.4 Å². The predicted molar refractivity (Wildman–Crippen MR) is 97.2 cm³/mol. The van der Waals surface area contributed by atoms with Crippen LogP contribution in [0.25, 0.3) is 11.3 Å². The summed E-state index contributed by atoms with van der Waals surface area (Å²) in [7, 11) is 1.77. The molecule has 0 fully saturated rings. The normalized spacial score (nSPS) is 16.0. The maximum absolute atomic E-state index is 12.7. The number of aromatic nitrogens is 2. The monoisotopic (exact) mass is 349 g/mol. The Kier molecular flexibility index (Phi) is 3.88. The molecule has 132 valence electrons. The van der Waals surface area contributed by atoms with E-state index >= 15 is 0 Å². The number of ether oxygens (including phenoxy) is 1. The minimum Gasteiger partial charge on any atom is -0.504 e. The maximum atomic E-state index is 12.7. The second-order valence-electron chi connectivity index (χ2n) is 6.21. The van der Waals surface area contributed by atoms with Crippen LogP contribution in [0.5, 0.6) is 11.5 Å². The van der Waals surface area contributed by atoms with E-state index in [9.17, 15) is 9.90 Å². The Labute approximate surface area is 151 Å². The van der Waals surface area contributed by atoms with Gasteiger partial charge in [0, 0.05) is 18.2 Å². The highest BCUT2D eigenvalue weighted by Crippen LogP contribution is 2.43. The van der Waals surface area contributed by atoms with Crippen LogP contribution in [0.1, 0.15) is 34.6 Å². The largest absolute Gasteiger partial charge is 0.504 e. The number of hydrogen-bond acceptors (Lipinski definition) is 4. The van der Waals surface area contributed by atoms with E-state index in [1.165, 1.54) is 0 Å². The van der Waals surface area contributed by atoms with E-state index in [-0.39, 0.29) is 17.7 Å². The first-order valence-electron chi connectivity index (χ1n) is 8.48. The van der Waals surface area contributed by atoms with E-state index in [0.29, 0.717) is 18.1 Å². The predicted octanol–water partition coefficient (Wildman–Crippen LogP) is 3.36. The van der Waals surface area contributed by atoms with Crippen molar-refractivity contribution < 1.29 is 14.6 Å². The van der Waals surface area contributed by atoms with Gasteiger partial charge in [-0.3, -0.25) is 9.89 Å². The van der Waals surface area contributed by atoms with Gasteiger partial charge in [0.05, 0.1) is 18.3 Å². The van der Waals surface area contributed by atoms with Crippen LogP contribution in [0.3, 0.4) is 0 Å². The molecule has 0 radical (unpaired) electrons. The number of nitrogens with one attached hydrogen (secondary N) is 1. The Hall–Kier alpha value is -3.28. The van der Waals surface area contributed by atoms with Gasteiger partial charge in [-0.05, 0) is 24.6 Å². The molecule has 2 N–H and O–H groups in total. The number of phenolic OH excluding ortho intramolecular Hbond substituents is 1. The zero-order valence-corrected chi connectivity index (χ0v) is 14.6. The molecule has 3 aromatic rings. The Morgan fingerprint density at radius 3 is 2.73 bits per heavy atom. The molecule has 1 amide bonds. The molecular weight excluding hydrogens is 330 g/mol. The van der Waals surface area contributed by atoms with Crippen LogP contribution in [0, 0.1) is 0 Å². The summed E-state index contributed by atoms with van der Waals surface area (Å²) in [6.07, 6.45) is 0. The number of rotatable bonds is 4. The lowest BCUT2D eigenvalue weighted by Crippen LogP contribution is -2.24. The van der Waals surface area contributed by atoms with Crippen molar-refractivity contribution in [2.45, 2.75) is 13.0 Å². The molecule has 0 aliphatic carbocycles. The number of nitrogens with zero attached hydrogens (tertiary/aromatic N) is 2. The number of benzene rings is 2. The summed E-state index contributed by atoms with van der Waals surface area (Å²) in [5.74, 6) is 0.382. The number of aromatic hydroxyl groups is 1. The number of amides is 1. The lowest BCUT2D eigenvalue weighted by molar-refractivity contribution is 0.0787. The molecule has 1 unspecified atom stereocenters. The molecule has 6 nitrogen and oxygen atoms in total. The number of carbonyl (C=O) groups excluding carboxylic acids is 1. The van der Waals surface area contributed by atoms with Gasteiger partial charge >= 0.3 is 0 Å². The quantitative estimate of drug-likeness (QED) is 0.757. The Morgan fingerprint density at radius 1 is 1.23 bits per heavy atom. The van der Waals surface area contributed by atoms with Crippen molar-refractivity contribution in [1.82, 2.24) is 15.1 Å². The van der Waals surface area contributed by atoms with Crippen molar-refractivity contribution in [3.05, 3.63) is 65.4 Å². The van der Waals surface area contributed by atoms with Crippen LogP contribution in [0.15, 0.2) is 48.5 Å². The molecule has 6 heteroatoms. The van der Waals surface area contributed by atoms with Crippen LogP contribution in [-0.2, 0) is 0 Å². The van der Waals surface area contributed by atoms with Gasteiger partial charge in [-0.25, -0.2) is 0 Å². The van der Waals surface area contributed by atoms with Crippen molar-refractivity contribution in [3.8, 4) is 22.8 Å². The van der Waals surface area contributed by atoms with Gasteiger partial charge in [-0.2, -0.15) is 5.10 Å². The van der Waals surface area contributed by atoms with Gasteiger partial charge in [0.2, 0.25) is 0 Å². The molecule has 1 atom stereocenters. The summed E-state index contributed by atoms with van der Waals surface area (Å²) >= 11 is 0. The molecule has 2 heterocycles. The highest BCUT2D eigenvalue weighted by Gasteiger charge is 2.40. The zero-order valence-electron chi connectivity index (χ0n) is 14.6. The number of fused-ring (bicyclic) bond motifs is 1.